The summed E-state index contributed by atoms with van der Waals surface area (Å²) in [4.78, 5) is 12.0. The molecule has 98 valence electrons. The summed E-state index contributed by atoms with van der Waals surface area (Å²) in [5.41, 5.74) is 1.57. The summed E-state index contributed by atoms with van der Waals surface area (Å²) in [6, 6.07) is 18.3. The van der Waals surface area contributed by atoms with E-state index in [2.05, 4.69) is 0 Å². The number of hydrogen-bond donors (Lipinski definition) is 0. The maximum atomic E-state index is 12.0. The van der Waals surface area contributed by atoms with Crippen LogP contribution in [-0.4, -0.2) is 12.4 Å². The number of ketones is 1. The van der Waals surface area contributed by atoms with Crippen LogP contribution in [0.1, 0.15) is 15.9 Å². The maximum absolute atomic E-state index is 12.0. The predicted octanol–water partition coefficient (Wildman–Crippen LogP) is 3.49. The average molecular weight is 263 g/mol. The van der Waals surface area contributed by atoms with Crippen LogP contribution in [0, 0.1) is 11.3 Å². The van der Waals surface area contributed by atoms with E-state index in [1.54, 1.807) is 36.4 Å². The van der Waals surface area contributed by atoms with E-state index in [0.717, 1.165) is 5.56 Å². The fourth-order valence-electron chi connectivity index (χ4n) is 1.66. The van der Waals surface area contributed by atoms with Gasteiger partial charge in [-0.15, -0.1) is 0 Å². The molecule has 0 spiro atoms. The quantitative estimate of drug-likeness (QED) is 0.613. The summed E-state index contributed by atoms with van der Waals surface area (Å²) >= 11 is 0. The second-order valence-corrected chi connectivity index (χ2v) is 4.08. The molecule has 2 rings (SSSR count). The number of nitrogens with zero attached hydrogens (tertiary/aromatic N) is 1. The highest BCUT2D eigenvalue weighted by molar-refractivity contribution is 6.06. The van der Waals surface area contributed by atoms with E-state index >= 15 is 0 Å². The number of hydrogen-bond acceptors (Lipinski definition) is 3. The molecular formula is C17H13NO2. The van der Waals surface area contributed by atoms with Crippen molar-refractivity contribution < 1.29 is 9.53 Å². The van der Waals surface area contributed by atoms with Crippen molar-refractivity contribution in [1.82, 2.24) is 0 Å². The minimum Gasteiger partial charge on any atom is -0.479 e. The molecule has 0 aromatic heterocycles. The Morgan fingerprint density at radius 1 is 1.10 bits per heavy atom. The minimum atomic E-state index is -0.0688. The molecule has 0 N–H and O–H groups in total. The van der Waals surface area contributed by atoms with Crippen molar-refractivity contribution in [3.8, 4) is 11.8 Å². The third kappa shape index (κ3) is 3.82. The second kappa shape index (κ2) is 6.91. The molecule has 3 heteroatoms. The molecule has 0 fully saturated rings. The number of rotatable bonds is 5. The van der Waals surface area contributed by atoms with Crippen LogP contribution in [0.2, 0.25) is 0 Å². The Hall–Kier alpha value is -2.86. The van der Waals surface area contributed by atoms with E-state index in [-0.39, 0.29) is 12.4 Å². The van der Waals surface area contributed by atoms with Gasteiger partial charge in [0.2, 0.25) is 0 Å². The largest absolute Gasteiger partial charge is 0.479 e. The summed E-state index contributed by atoms with van der Waals surface area (Å²) in [7, 11) is 0. The van der Waals surface area contributed by atoms with Crippen molar-refractivity contribution in [2.24, 2.45) is 0 Å². The summed E-state index contributed by atoms with van der Waals surface area (Å²) in [6.07, 6.45) is 3.32. The molecular weight excluding hydrogens is 250 g/mol. The predicted molar refractivity (Wildman–Crippen MR) is 77.4 cm³/mol. The molecule has 0 heterocycles. The molecule has 2 aromatic carbocycles. The maximum Gasteiger partial charge on any atom is 0.185 e. The van der Waals surface area contributed by atoms with Crippen LogP contribution in [0.5, 0.6) is 5.75 Å². The zero-order valence-corrected chi connectivity index (χ0v) is 10.8. The number of benzene rings is 2. The summed E-state index contributed by atoms with van der Waals surface area (Å²) in [5, 5.41) is 8.41. The van der Waals surface area contributed by atoms with Crippen LogP contribution >= 0.6 is 0 Å². The van der Waals surface area contributed by atoms with Gasteiger partial charge in [-0.1, -0.05) is 36.4 Å². The highest BCUT2D eigenvalue weighted by Gasteiger charge is 2.02. The Labute approximate surface area is 117 Å². The molecule has 0 unspecified atom stereocenters. The third-order valence-corrected chi connectivity index (χ3v) is 2.67. The molecule has 0 aliphatic rings. The molecule has 2 aromatic rings. The Kier molecular flexibility index (Phi) is 4.69. The van der Waals surface area contributed by atoms with Crippen molar-refractivity contribution in [2.75, 3.05) is 6.61 Å². The lowest BCUT2D eigenvalue weighted by Crippen LogP contribution is -1.96. The average Bonchev–Trinajstić information content (AvgIpc) is 2.52. The Bertz CT molecular complexity index is 637. The fraction of sp³-hybridized carbons (Fsp3) is 0.0588. The lowest BCUT2D eigenvalue weighted by atomic mass is 10.1. The number of carbonyl (C=O) groups excluding carboxylic acids is 1. The van der Waals surface area contributed by atoms with Gasteiger partial charge in [-0.25, -0.2) is 0 Å². The van der Waals surface area contributed by atoms with Crippen molar-refractivity contribution in [1.29, 1.82) is 5.26 Å². The summed E-state index contributed by atoms with van der Waals surface area (Å²) in [6.45, 7) is 0.00119. The van der Waals surface area contributed by atoms with E-state index in [0.29, 0.717) is 11.3 Å². The summed E-state index contributed by atoms with van der Waals surface area (Å²) < 4.78 is 5.13. The lowest BCUT2D eigenvalue weighted by Gasteiger charge is -2.01. The van der Waals surface area contributed by atoms with Crippen molar-refractivity contribution in [3.63, 3.8) is 0 Å². The third-order valence-electron chi connectivity index (χ3n) is 2.67. The molecule has 0 aliphatic carbocycles. The first kappa shape index (κ1) is 13.6. The van der Waals surface area contributed by atoms with Crippen LogP contribution in [0.25, 0.3) is 6.08 Å². The Balaban J connectivity index is 2.03. The molecule has 3 nitrogen and oxygen atoms in total. The van der Waals surface area contributed by atoms with E-state index in [1.807, 2.05) is 36.4 Å². The van der Waals surface area contributed by atoms with Gasteiger partial charge in [0, 0.05) is 5.56 Å². The van der Waals surface area contributed by atoms with Crippen LogP contribution in [-0.2, 0) is 0 Å². The van der Waals surface area contributed by atoms with E-state index < -0.39 is 0 Å². The Morgan fingerprint density at radius 2 is 1.80 bits per heavy atom. The first-order chi connectivity index (χ1) is 9.79. The van der Waals surface area contributed by atoms with Crippen molar-refractivity contribution in [2.45, 2.75) is 0 Å². The number of allylic oxidation sites excluding steroid dienone is 1. The van der Waals surface area contributed by atoms with E-state index in [4.69, 9.17) is 10.00 Å². The van der Waals surface area contributed by atoms with Gasteiger partial charge >= 0.3 is 0 Å². The van der Waals surface area contributed by atoms with Crippen LogP contribution in [0.3, 0.4) is 0 Å². The van der Waals surface area contributed by atoms with Crippen LogP contribution in [0.15, 0.2) is 60.7 Å². The van der Waals surface area contributed by atoms with Crippen LogP contribution in [0.4, 0.5) is 0 Å². The normalized spacial score (nSPS) is 10.2. The molecule has 0 bridgehead atoms. The van der Waals surface area contributed by atoms with E-state index in [9.17, 15) is 4.79 Å². The molecule has 0 amide bonds. The van der Waals surface area contributed by atoms with Gasteiger partial charge in [0.25, 0.3) is 0 Å². The summed E-state index contributed by atoms with van der Waals surface area (Å²) in [5.74, 6) is 0.510. The molecule has 0 saturated carbocycles. The van der Waals surface area contributed by atoms with Crippen LogP contribution < -0.4 is 4.74 Å². The second-order valence-electron chi connectivity index (χ2n) is 4.08. The molecule has 0 saturated heterocycles. The van der Waals surface area contributed by atoms with Gasteiger partial charge in [-0.05, 0) is 35.9 Å². The van der Waals surface area contributed by atoms with Crippen molar-refractivity contribution >= 4 is 11.9 Å². The molecule has 0 atom stereocenters. The zero-order valence-electron chi connectivity index (χ0n) is 10.8. The van der Waals surface area contributed by atoms with Gasteiger partial charge < -0.3 is 4.74 Å². The molecule has 0 radical (unpaired) electrons. The number of ether oxygens (including phenoxy) is 1. The smallest absolute Gasteiger partial charge is 0.185 e. The molecule has 20 heavy (non-hydrogen) atoms. The van der Waals surface area contributed by atoms with Gasteiger partial charge in [-0.2, -0.15) is 5.26 Å². The first-order valence-electron chi connectivity index (χ1n) is 6.17. The van der Waals surface area contributed by atoms with Gasteiger partial charge in [0.15, 0.2) is 12.4 Å². The van der Waals surface area contributed by atoms with Gasteiger partial charge in [0.05, 0.1) is 0 Å². The fourth-order valence-corrected chi connectivity index (χ4v) is 1.66. The first-order valence-corrected chi connectivity index (χ1v) is 6.17. The van der Waals surface area contributed by atoms with E-state index in [1.165, 1.54) is 0 Å². The zero-order chi connectivity index (χ0) is 14.2. The number of nitriles is 1. The standard InChI is InChI=1S/C17H13NO2/c18-12-13-20-16-9-7-15(8-10-16)17(19)11-6-14-4-2-1-3-5-14/h1-11H,13H2/b11-6-. The van der Waals surface area contributed by atoms with Gasteiger partial charge in [-0.3, -0.25) is 4.79 Å². The Morgan fingerprint density at radius 3 is 2.45 bits per heavy atom. The van der Waals surface area contributed by atoms with Crippen molar-refractivity contribution in [3.05, 3.63) is 71.8 Å². The molecule has 0 aliphatic heterocycles. The SMILES string of the molecule is N#CCOc1ccc(C(=O)/C=C\c2ccccc2)cc1. The monoisotopic (exact) mass is 263 g/mol. The highest BCUT2D eigenvalue weighted by Crippen LogP contribution is 2.13. The minimum absolute atomic E-state index is 0.00119. The highest BCUT2D eigenvalue weighted by atomic mass is 16.5. The number of carbonyl (C=O) groups is 1. The lowest BCUT2D eigenvalue weighted by molar-refractivity contribution is 0.104. The topological polar surface area (TPSA) is 50.1 Å². The van der Waals surface area contributed by atoms with Gasteiger partial charge in [0.1, 0.15) is 11.8 Å².